The molecule has 1 aromatic heterocycles. The first kappa shape index (κ1) is 11.7. The first-order valence-corrected chi connectivity index (χ1v) is 5.03. The Bertz CT molecular complexity index is 394. The maximum absolute atomic E-state index is 10.9. The van der Waals surface area contributed by atoms with E-state index in [0.29, 0.717) is 0 Å². The van der Waals surface area contributed by atoms with Crippen molar-refractivity contribution < 1.29 is 4.79 Å². The van der Waals surface area contributed by atoms with Gasteiger partial charge in [0, 0.05) is 24.2 Å². The van der Waals surface area contributed by atoms with Crippen LogP contribution in [-0.4, -0.2) is 15.6 Å². The predicted octanol–water partition coefficient (Wildman–Crippen LogP) is 2.32. The van der Waals surface area contributed by atoms with Gasteiger partial charge in [0.1, 0.15) is 0 Å². The molecule has 0 spiro atoms. The van der Waals surface area contributed by atoms with Crippen molar-refractivity contribution in [1.82, 2.24) is 9.78 Å². The summed E-state index contributed by atoms with van der Waals surface area (Å²) in [6.07, 6.45) is 5.34. The molecular formula is C12H18N2O. The summed E-state index contributed by atoms with van der Waals surface area (Å²) in [4.78, 5) is 10.9. The minimum absolute atomic E-state index is 0.00226. The van der Waals surface area contributed by atoms with Crippen molar-refractivity contribution in [1.29, 1.82) is 0 Å². The molecule has 3 nitrogen and oxygen atoms in total. The minimum Gasteiger partial charge on any atom is -0.295 e. The minimum atomic E-state index is -0.00226. The molecule has 0 unspecified atom stereocenters. The first-order chi connectivity index (χ1) is 6.80. The number of ketones is 1. The third-order valence-electron chi connectivity index (χ3n) is 2.07. The summed E-state index contributed by atoms with van der Waals surface area (Å²) in [6.45, 7) is 7.88. The molecule has 0 saturated heterocycles. The predicted molar refractivity (Wildman–Crippen MR) is 61.6 cm³/mol. The normalized spacial score (nSPS) is 12.3. The van der Waals surface area contributed by atoms with Gasteiger partial charge >= 0.3 is 0 Å². The van der Waals surface area contributed by atoms with Gasteiger partial charge in [-0.05, 0) is 19.1 Å². The monoisotopic (exact) mass is 206 g/mol. The Kier molecular flexibility index (Phi) is 3.12. The third kappa shape index (κ3) is 3.05. The van der Waals surface area contributed by atoms with Gasteiger partial charge in [-0.2, -0.15) is 5.10 Å². The molecule has 0 aliphatic carbocycles. The number of carbonyl (C=O) groups is 1. The average molecular weight is 206 g/mol. The molecule has 0 bridgehead atoms. The zero-order chi connectivity index (χ0) is 11.6. The van der Waals surface area contributed by atoms with Crippen LogP contribution in [0, 0.1) is 0 Å². The van der Waals surface area contributed by atoms with Crippen LogP contribution in [0.1, 0.15) is 39.0 Å². The van der Waals surface area contributed by atoms with Crippen LogP contribution < -0.4 is 0 Å². The van der Waals surface area contributed by atoms with Crippen molar-refractivity contribution in [2.24, 2.45) is 7.05 Å². The molecule has 1 rings (SSSR count). The molecule has 0 aromatic carbocycles. The summed E-state index contributed by atoms with van der Waals surface area (Å²) < 4.78 is 1.78. The van der Waals surface area contributed by atoms with E-state index in [9.17, 15) is 4.79 Å². The van der Waals surface area contributed by atoms with Crippen LogP contribution >= 0.6 is 0 Å². The molecule has 15 heavy (non-hydrogen) atoms. The Labute approximate surface area is 90.8 Å². The van der Waals surface area contributed by atoms with E-state index in [1.165, 1.54) is 0 Å². The molecule has 0 saturated carbocycles. The van der Waals surface area contributed by atoms with Gasteiger partial charge in [-0.3, -0.25) is 9.48 Å². The van der Waals surface area contributed by atoms with Crippen molar-refractivity contribution in [2.75, 3.05) is 0 Å². The SMILES string of the molecule is CC(=O)/C=C/c1cn(C)nc1C(C)(C)C. The van der Waals surface area contributed by atoms with Gasteiger partial charge in [-0.15, -0.1) is 0 Å². The Hall–Kier alpha value is -1.38. The maximum Gasteiger partial charge on any atom is 0.152 e. The Morgan fingerprint density at radius 3 is 2.53 bits per heavy atom. The molecule has 0 atom stereocenters. The summed E-state index contributed by atoms with van der Waals surface area (Å²) in [5.74, 6) is 0.0544. The molecule has 0 aliphatic heterocycles. The third-order valence-corrected chi connectivity index (χ3v) is 2.07. The summed E-state index contributed by atoms with van der Waals surface area (Å²) in [5.41, 5.74) is 2.03. The number of hydrogen-bond acceptors (Lipinski definition) is 2. The molecule has 1 heterocycles. The number of nitrogens with zero attached hydrogens (tertiary/aromatic N) is 2. The van der Waals surface area contributed by atoms with E-state index >= 15 is 0 Å². The smallest absolute Gasteiger partial charge is 0.152 e. The number of rotatable bonds is 2. The van der Waals surface area contributed by atoms with Crippen LogP contribution in [0.3, 0.4) is 0 Å². The quantitative estimate of drug-likeness (QED) is 0.696. The fraction of sp³-hybridized carbons (Fsp3) is 0.500. The fourth-order valence-electron chi connectivity index (χ4n) is 1.42. The van der Waals surface area contributed by atoms with Crippen molar-refractivity contribution in [3.8, 4) is 0 Å². The topological polar surface area (TPSA) is 34.9 Å². The van der Waals surface area contributed by atoms with E-state index < -0.39 is 0 Å². The lowest BCUT2D eigenvalue weighted by molar-refractivity contribution is -0.112. The highest BCUT2D eigenvalue weighted by atomic mass is 16.1. The van der Waals surface area contributed by atoms with Crippen LogP contribution in [0.15, 0.2) is 12.3 Å². The number of aryl methyl sites for hydroxylation is 1. The molecule has 0 aliphatic rings. The van der Waals surface area contributed by atoms with E-state index in [0.717, 1.165) is 11.3 Å². The second kappa shape index (κ2) is 4.01. The van der Waals surface area contributed by atoms with E-state index in [-0.39, 0.29) is 11.2 Å². The largest absolute Gasteiger partial charge is 0.295 e. The molecule has 3 heteroatoms. The highest BCUT2D eigenvalue weighted by Crippen LogP contribution is 2.24. The zero-order valence-corrected chi connectivity index (χ0v) is 10.0. The van der Waals surface area contributed by atoms with Crippen LogP contribution in [0.4, 0.5) is 0 Å². The van der Waals surface area contributed by atoms with Gasteiger partial charge in [-0.1, -0.05) is 20.8 Å². The molecule has 82 valence electrons. The number of carbonyl (C=O) groups excluding carboxylic acids is 1. The van der Waals surface area contributed by atoms with Crippen molar-refractivity contribution >= 4 is 11.9 Å². The van der Waals surface area contributed by atoms with Gasteiger partial charge in [0.2, 0.25) is 0 Å². The molecule has 0 amide bonds. The van der Waals surface area contributed by atoms with Gasteiger partial charge in [0.15, 0.2) is 5.78 Å². The van der Waals surface area contributed by atoms with Gasteiger partial charge in [0.05, 0.1) is 5.69 Å². The number of allylic oxidation sites excluding steroid dienone is 1. The zero-order valence-electron chi connectivity index (χ0n) is 10.0. The van der Waals surface area contributed by atoms with E-state index in [2.05, 4.69) is 25.9 Å². The number of hydrogen-bond donors (Lipinski definition) is 0. The second-order valence-electron chi connectivity index (χ2n) is 4.80. The Balaban J connectivity index is 3.13. The van der Waals surface area contributed by atoms with Crippen LogP contribution in [0.5, 0.6) is 0 Å². The second-order valence-corrected chi connectivity index (χ2v) is 4.80. The summed E-state index contributed by atoms with van der Waals surface area (Å²) in [7, 11) is 1.89. The Morgan fingerprint density at radius 1 is 1.47 bits per heavy atom. The number of aromatic nitrogens is 2. The summed E-state index contributed by atoms with van der Waals surface area (Å²) >= 11 is 0. The lowest BCUT2D eigenvalue weighted by Crippen LogP contribution is -2.13. The van der Waals surface area contributed by atoms with Gasteiger partial charge in [-0.25, -0.2) is 0 Å². The van der Waals surface area contributed by atoms with Gasteiger partial charge < -0.3 is 0 Å². The van der Waals surface area contributed by atoms with E-state index in [1.54, 1.807) is 17.7 Å². The van der Waals surface area contributed by atoms with E-state index in [1.807, 2.05) is 19.3 Å². The lowest BCUT2D eigenvalue weighted by atomic mass is 9.89. The highest BCUT2D eigenvalue weighted by molar-refractivity contribution is 5.91. The first-order valence-electron chi connectivity index (χ1n) is 5.03. The maximum atomic E-state index is 10.9. The van der Waals surface area contributed by atoms with Crippen LogP contribution in [0.25, 0.3) is 6.08 Å². The summed E-state index contributed by atoms with van der Waals surface area (Å²) in [6, 6.07) is 0. The van der Waals surface area contributed by atoms with E-state index in [4.69, 9.17) is 0 Å². The van der Waals surface area contributed by atoms with Crippen LogP contribution in [-0.2, 0) is 17.3 Å². The molecule has 1 aromatic rings. The summed E-state index contributed by atoms with van der Waals surface area (Å²) in [5, 5.41) is 4.41. The molecule has 0 fully saturated rings. The lowest BCUT2D eigenvalue weighted by Gasteiger charge is -2.16. The van der Waals surface area contributed by atoms with Crippen LogP contribution in [0.2, 0.25) is 0 Å². The standard InChI is InChI=1S/C12H18N2O/c1-9(15)6-7-10-8-14(5)13-11(10)12(2,3)4/h6-8H,1-5H3/b7-6+. The van der Waals surface area contributed by atoms with Crippen molar-refractivity contribution in [2.45, 2.75) is 33.1 Å². The Morgan fingerprint density at radius 2 is 2.07 bits per heavy atom. The fourth-order valence-corrected chi connectivity index (χ4v) is 1.42. The van der Waals surface area contributed by atoms with Crippen molar-refractivity contribution in [3.63, 3.8) is 0 Å². The molecular weight excluding hydrogens is 188 g/mol. The average Bonchev–Trinajstić information content (AvgIpc) is 2.42. The molecule has 0 N–H and O–H groups in total. The van der Waals surface area contributed by atoms with Gasteiger partial charge in [0.25, 0.3) is 0 Å². The highest BCUT2D eigenvalue weighted by Gasteiger charge is 2.20. The van der Waals surface area contributed by atoms with Crippen molar-refractivity contribution in [3.05, 3.63) is 23.5 Å². The molecule has 0 radical (unpaired) electrons.